The largest absolute Gasteiger partial charge is 0.481 e. The number of para-hydroxylation sites is 1. The van der Waals surface area contributed by atoms with Crippen LogP contribution in [0.4, 0.5) is 0 Å². The maximum Gasteiger partial charge on any atom is 0.154 e. The fraction of sp³-hybridized carbons (Fsp3) is 0.348. The first-order valence-electron chi connectivity index (χ1n) is 19.0. The van der Waals surface area contributed by atoms with Crippen molar-refractivity contribution in [2.45, 2.75) is 80.1 Å². The first-order chi connectivity index (χ1) is 23.4. The molecular formula is C46H28O. The van der Waals surface area contributed by atoms with Crippen molar-refractivity contribution in [2.75, 3.05) is 0 Å². The Balaban J connectivity index is 1.27. The van der Waals surface area contributed by atoms with Gasteiger partial charge in [0.05, 0.1) is 5.41 Å². The summed E-state index contributed by atoms with van der Waals surface area (Å²) < 4.78 is 8.04. The Kier molecular flexibility index (Phi) is 2.46. The summed E-state index contributed by atoms with van der Waals surface area (Å²) >= 11 is 0. The van der Waals surface area contributed by atoms with Crippen molar-refractivity contribution in [1.29, 1.82) is 0 Å². The van der Waals surface area contributed by atoms with E-state index in [0.29, 0.717) is 35.5 Å². The molecule has 1 aliphatic heterocycles. The molecule has 1 nitrogen and oxygen atoms in total. The van der Waals surface area contributed by atoms with Gasteiger partial charge in [-0.05, 0) is 173 Å². The van der Waals surface area contributed by atoms with Crippen LogP contribution in [0.1, 0.15) is 106 Å². The van der Waals surface area contributed by atoms with Crippen LogP contribution in [-0.2, 0) is 23.9 Å². The molecule has 8 atom stereocenters. The number of hydrogen-bond donors (Lipinski definition) is 0. The summed E-state index contributed by atoms with van der Waals surface area (Å²) in [6, 6.07) is 9.51. The molecule has 218 valence electrons. The Bertz CT molecular complexity index is 3030. The van der Waals surface area contributed by atoms with Gasteiger partial charge in [-0.15, -0.1) is 0 Å². The van der Waals surface area contributed by atoms with Crippen LogP contribution in [0.2, 0.25) is 0 Å². The van der Waals surface area contributed by atoms with Crippen molar-refractivity contribution in [3.8, 4) is 5.75 Å². The van der Waals surface area contributed by atoms with Gasteiger partial charge in [-0.1, -0.05) is 41.5 Å². The number of rotatable bonds is 0. The molecule has 0 bridgehead atoms. The minimum Gasteiger partial charge on any atom is -0.481 e. The summed E-state index contributed by atoms with van der Waals surface area (Å²) in [5, 5.41) is 15.6. The van der Waals surface area contributed by atoms with Gasteiger partial charge < -0.3 is 4.74 Å². The Labute approximate surface area is 270 Å². The van der Waals surface area contributed by atoms with Gasteiger partial charge in [0.25, 0.3) is 0 Å². The van der Waals surface area contributed by atoms with Crippen LogP contribution < -0.4 is 9.96 Å². The molecule has 18 rings (SSSR count). The standard InChI is InChI=1S/C46H28O/c1-2-4-26-25(3-1)45-24-14-13-22-21-10-9-18-17-6-5-15-16-7-8-19-20-11-12-23(24)43-33(20)36-30(19)29(16)34-27(15)28(17)35-31(18)32(21)39(42(22)45)41-38(35)37(34)40(36)44(41)46(43,45)47-26/h1-4,11-12,17,21,23-24,33,43H,5-10,13-14H2. The van der Waals surface area contributed by atoms with Crippen LogP contribution in [0.3, 0.4) is 0 Å². The minimum absolute atomic E-state index is 0.0632. The van der Waals surface area contributed by atoms with Gasteiger partial charge >= 0.3 is 0 Å². The van der Waals surface area contributed by atoms with Gasteiger partial charge in [0.2, 0.25) is 0 Å². The maximum atomic E-state index is 8.04. The molecule has 2 spiro atoms. The normalized spacial score (nSPS) is 38.9. The lowest BCUT2D eigenvalue weighted by atomic mass is 9.49. The van der Waals surface area contributed by atoms with E-state index in [-0.39, 0.29) is 11.0 Å². The van der Waals surface area contributed by atoms with E-state index in [1.54, 1.807) is 98.4 Å². The molecule has 8 unspecified atom stereocenters. The van der Waals surface area contributed by atoms with Crippen molar-refractivity contribution >= 4 is 59.8 Å². The van der Waals surface area contributed by atoms with Gasteiger partial charge in [-0.25, -0.2) is 0 Å². The average Bonchev–Trinajstić information content (AvgIpc) is 3.93. The molecule has 11 aliphatic carbocycles. The summed E-state index contributed by atoms with van der Waals surface area (Å²) in [4.78, 5) is 0. The molecule has 0 aromatic heterocycles. The van der Waals surface area contributed by atoms with E-state index < -0.39 is 0 Å². The molecule has 1 heterocycles. The van der Waals surface area contributed by atoms with Crippen LogP contribution in [0, 0.1) is 17.8 Å². The third kappa shape index (κ3) is 1.43. The number of ether oxygens (including phenoxy) is 1. The SMILES string of the molecule is C1=CC2C3C4C1=C1CCc5c6c7c8c9c%10c%11c%12c%13c(c%14c4c1c5c7c%14c%139)C31Oc3ccccc3C13C%12=C(CCC23)C%11CCC=%10C8CC6. The van der Waals surface area contributed by atoms with Gasteiger partial charge in [0, 0.05) is 34.8 Å². The zero-order chi connectivity index (χ0) is 28.9. The summed E-state index contributed by atoms with van der Waals surface area (Å²) in [6.45, 7) is 0. The predicted octanol–water partition coefficient (Wildman–Crippen LogP) is 9.31. The van der Waals surface area contributed by atoms with Gasteiger partial charge in [0.1, 0.15) is 5.75 Å². The second-order valence-corrected chi connectivity index (χ2v) is 18.0. The Morgan fingerprint density at radius 3 is 2.53 bits per heavy atom. The van der Waals surface area contributed by atoms with Gasteiger partial charge in [-0.2, -0.15) is 0 Å². The average molecular weight is 597 g/mol. The second-order valence-electron chi connectivity index (χ2n) is 18.0. The van der Waals surface area contributed by atoms with E-state index in [1.165, 1.54) is 57.1 Å². The Morgan fingerprint density at radius 1 is 0.681 bits per heavy atom. The number of fused-ring (bicyclic) bond motifs is 5. The minimum atomic E-state index is -0.301. The topological polar surface area (TPSA) is 9.23 Å². The third-order valence-electron chi connectivity index (χ3n) is 17.7. The zero-order valence-corrected chi connectivity index (χ0v) is 26.0. The number of benzene rings is 4. The summed E-state index contributed by atoms with van der Waals surface area (Å²) in [7, 11) is 0. The molecule has 0 N–H and O–H groups in total. The lowest BCUT2D eigenvalue weighted by Crippen LogP contribution is -2.56. The highest BCUT2D eigenvalue weighted by atomic mass is 16.5. The summed E-state index contributed by atoms with van der Waals surface area (Å²) in [5.74, 6) is 4.64. The fourth-order valence-corrected chi connectivity index (χ4v) is 17.4. The monoisotopic (exact) mass is 596 g/mol. The predicted molar refractivity (Wildman–Crippen MR) is 185 cm³/mol. The number of hydrogen-bond acceptors (Lipinski definition) is 1. The lowest BCUT2D eigenvalue weighted by molar-refractivity contribution is -0.00456. The van der Waals surface area contributed by atoms with Crippen molar-refractivity contribution in [3.05, 3.63) is 103 Å². The van der Waals surface area contributed by atoms with Gasteiger partial charge in [0.15, 0.2) is 5.60 Å². The molecule has 0 saturated heterocycles. The Hall–Kier alpha value is -4.10. The molecular weight excluding hydrogens is 569 g/mol. The summed E-state index contributed by atoms with van der Waals surface area (Å²) in [6.07, 6.45) is 15.9. The van der Waals surface area contributed by atoms with Crippen molar-refractivity contribution in [3.63, 3.8) is 0 Å². The van der Waals surface area contributed by atoms with Crippen LogP contribution in [-0.4, -0.2) is 0 Å². The molecule has 6 aromatic carbocycles. The van der Waals surface area contributed by atoms with Crippen LogP contribution in [0.25, 0.3) is 59.8 Å². The highest BCUT2D eigenvalue weighted by Crippen LogP contribution is 2.86. The van der Waals surface area contributed by atoms with E-state index >= 15 is 0 Å². The number of aryl methyl sites for hydroxylation is 2. The van der Waals surface area contributed by atoms with E-state index in [4.69, 9.17) is 4.74 Å². The lowest BCUT2D eigenvalue weighted by Gasteiger charge is -2.53. The fourth-order valence-electron chi connectivity index (χ4n) is 17.4. The molecule has 12 aliphatic rings. The van der Waals surface area contributed by atoms with E-state index in [9.17, 15) is 0 Å². The first kappa shape index (κ1) is 21.0. The molecule has 6 aromatic rings. The smallest absolute Gasteiger partial charge is 0.154 e. The molecule has 1 saturated carbocycles. The molecule has 0 amide bonds. The van der Waals surface area contributed by atoms with Crippen molar-refractivity contribution in [1.82, 2.24) is 0 Å². The van der Waals surface area contributed by atoms with Crippen LogP contribution in [0.15, 0.2) is 47.6 Å². The first-order valence-corrected chi connectivity index (χ1v) is 19.0. The summed E-state index contributed by atoms with van der Waals surface area (Å²) in [5.41, 5.74) is 24.4. The molecule has 1 fully saturated rings. The quantitative estimate of drug-likeness (QED) is 0.159. The van der Waals surface area contributed by atoms with Crippen LogP contribution >= 0.6 is 0 Å². The maximum absolute atomic E-state index is 8.04. The molecule has 47 heavy (non-hydrogen) atoms. The third-order valence-corrected chi connectivity index (χ3v) is 17.7. The highest BCUT2D eigenvalue weighted by Gasteiger charge is 2.83. The van der Waals surface area contributed by atoms with E-state index in [0.717, 1.165) is 0 Å². The van der Waals surface area contributed by atoms with E-state index in [1.807, 2.05) is 27.8 Å². The highest BCUT2D eigenvalue weighted by molar-refractivity contribution is 6.43. The zero-order valence-electron chi connectivity index (χ0n) is 26.0. The van der Waals surface area contributed by atoms with Crippen molar-refractivity contribution in [2.24, 2.45) is 17.8 Å². The van der Waals surface area contributed by atoms with E-state index in [2.05, 4.69) is 36.4 Å². The molecule has 0 radical (unpaired) electrons. The second kappa shape index (κ2) is 5.50. The Morgan fingerprint density at radius 2 is 1.53 bits per heavy atom. The van der Waals surface area contributed by atoms with Crippen LogP contribution in [0.5, 0.6) is 5.75 Å². The van der Waals surface area contributed by atoms with Gasteiger partial charge in [-0.3, -0.25) is 0 Å². The van der Waals surface area contributed by atoms with Crippen molar-refractivity contribution < 1.29 is 4.74 Å². The number of allylic oxidation sites excluding steroid dienone is 5. The molecule has 1 heteroatoms.